The van der Waals surface area contributed by atoms with Crippen LogP contribution in [0.2, 0.25) is 0 Å². The van der Waals surface area contributed by atoms with Gasteiger partial charge in [0.15, 0.2) is 0 Å². The molecule has 1 rings (SSSR count). The molecule has 0 aromatic carbocycles. The minimum Gasteiger partial charge on any atom is -0.0654 e. The standard InChI is InChI=1S/C24H48/c1-10-13-21(11-2)23(7,8)20(6)14-12-15-22-17-24(22,9)16-19(5)18(3)4/h18-22H,10-17H2,1-9H3. The van der Waals surface area contributed by atoms with Gasteiger partial charge in [0.1, 0.15) is 0 Å². The molecule has 1 fully saturated rings. The average Bonchev–Trinajstić information content (AvgIpc) is 3.13. The van der Waals surface area contributed by atoms with Crippen LogP contribution in [0.4, 0.5) is 0 Å². The van der Waals surface area contributed by atoms with E-state index in [4.69, 9.17) is 0 Å². The summed E-state index contributed by atoms with van der Waals surface area (Å²) < 4.78 is 0. The highest BCUT2D eigenvalue weighted by Crippen LogP contribution is 2.59. The molecule has 0 heteroatoms. The van der Waals surface area contributed by atoms with E-state index in [1.807, 2.05) is 0 Å². The molecule has 0 radical (unpaired) electrons. The second kappa shape index (κ2) is 9.09. The first-order valence-corrected chi connectivity index (χ1v) is 11.1. The van der Waals surface area contributed by atoms with Crippen molar-refractivity contribution in [1.82, 2.24) is 0 Å². The smallest absolute Gasteiger partial charge is 0.0292 e. The lowest BCUT2D eigenvalue weighted by molar-refractivity contribution is 0.104. The molecule has 5 unspecified atom stereocenters. The lowest BCUT2D eigenvalue weighted by Crippen LogP contribution is -2.31. The molecule has 0 nitrogen and oxygen atoms in total. The van der Waals surface area contributed by atoms with Gasteiger partial charge in [-0.1, -0.05) is 94.4 Å². The van der Waals surface area contributed by atoms with Gasteiger partial charge in [0, 0.05) is 0 Å². The van der Waals surface area contributed by atoms with E-state index in [9.17, 15) is 0 Å². The molecule has 0 aromatic heterocycles. The molecule has 1 saturated carbocycles. The molecule has 0 spiro atoms. The first-order valence-electron chi connectivity index (χ1n) is 11.1. The Morgan fingerprint density at radius 3 is 2.17 bits per heavy atom. The Balaban J connectivity index is 2.37. The minimum atomic E-state index is 0.504. The third-order valence-electron chi connectivity index (χ3n) is 8.11. The van der Waals surface area contributed by atoms with E-state index in [1.54, 1.807) is 0 Å². The van der Waals surface area contributed by atoms with Crippen molar-refractivity contribution < 1.29 is 0 Å². The number of hydrogen-bond donors (Lipinski definition) is 0. The van der Waals surface area contributed by atoms with Crippen molar-refractivity contribution in [3.8, 4) is 0 Å². The molecule has 0 amide bonds. The number of rotatable bonds is 12. The van der Waals surface area contributed by atoms with Gasteiger partial charge < -0.3 is 0 Å². The fraction of sp³-hybridized carbons (Fsp3) is 1.00. The molecule has 24 heavy (non-hydrogen) atoms. The van der Waals surface area contributed by atoms with Crippen LogP contribution in [0.3, 0.4) is 0 Å². The molecule has 0 heterocycles. The van der Waals surface area contributed by atoms with Crippen LogP contribution in [-0.4, -0.2) is 0 Å². The second-order valence-corrected chi connectivity index (χ2v) is 10.5. The van der Waals surface area contributed by atoms with Crippen molar-refractivity contribution in [1.29, 1.82) is 0 Å². The second-order valence-electron chi connectivity index (χ2n) is 10.5. The van der Waals surface area contributed by atoms with Gasteiger partial charge in [-0.05, 0) is 59.7 Å². The average molecular weight is 337 g/mol. The summed E-state index contributed by atoms with van der Waals surface area (Å²) in [5.74, 6) is 4.50. The maximum atomic E-state index is 2.55. The van der Waals surface area contributed by atoms with E-state index in [2.05, 4.69) is 62.3 Å². The van der Waals surface area contributed by atoms with Crippen molar-refractivity contribution in [3.05, 3.63) is 0 Å². The third kappa shape index (κ3) is 5.77. The molecular formula is C24H48. The molecule has 0 aromatic rings. The van der Waals surface area contributed by atoms with E-state index < -0.39 is 0 Å². The molecule has 144 valence electrons. The molecule has 0 saturated heterocycles. The van der Waals surface area contributed by atoms with Crippen LogP contribution in [0.25, 0.3) is 0 Å². The van der Waals surface area contributed by atoms with Crippen molar-refractivity contribution in [2.24, 2.45) is 40.4 Å². The van der Waals surface area contributed by atoms with Gasteiger partial charge >= 0.3 is 0 Å². The monoisotopic (exact) mass is 336 g/mol. The maximum Gasteiger partial charge on any atom is -0.0292 e. The zero-order valence-corrected chi connectivity index (χ0v) is 18.5. The highest BCUT2D eigenvalue weighted by atomic mass is 14.5. The zero-order chi connectivity index (χ0) is 18.5. The molecule has 5 atom stereocenters. The van der Waals surface area contributed by atoms with Gasteiger partial charge in [0.25, 0.3) is 0 Å². The summed E-state index contributed by atoms with van der Waals surface area (Å²) in [7, 11) is 0. The predicted octanol–water partition coefficient (Wildman–Crippen LogP) is 8.35. The maximum absolute atomic E-state index is 2.55. The first-order chi connectivity index (χ1) is 11.1. The first kappa shape index (κ1) is 22.0. The lowest BCUT2D eigenvalue weighted by atomic mass is 9.66. The van der Waals surface area contributed by atoms with Crippen LogP contribution in [0, 0.1) is 40.4 Å². The van der Waals surface area contributed by atoms with Gasteiger partial charge in [-0.3, -0.25) is 0 Å². The molecule has 1 aliphatic carbocycles. The zero-order valence-electron chi connectivity index (χ0n) is 18.5. The summed E-state index contributed by atoms with van der Waals surface area (Å²) in [6.07, 6.45) is 11.4. The Labute approximate surface area is 154 Å². The van der Waals surface area contributed by atoms with Crippen molar-refractivity contribution in [2.75, 3.05) is 0 Å². The van der Waals surface area contributed by atoms with Gasteiger partial charge in [0.05, 0.1) is 0 Å². The minimum absolute atomic E-state index is 0.504. The van der Waals surface area contributed by atoms with Crippen molar-refractivity contribution in [2.45, 2.75) is 114 Å². The van der Waals surface area contributed by atoms with Crippen LogP contribution < -0.4 is 0 Å². The topological polar surface area (TPSA) is 0 Å². The van der Waals surface area contributed by atoms with Gasteiger partial charge in [-0.2, -0.15) is 0 Å². The fourth-order valence-electron chi connectivity index (χ4n) is 5.07. The van der Waals surface area contributed by atoms with Crippen LogP contribution in [0.1, 0.15) is 114 Å². The van der Waals surface area contributed by atoms with E-state index in [1.165, 1.54) is 51.4 Å². The van der Waals surface area contributed by atoms with E-state index in [-0.39, 0.29) is 0 Å². The Bertz CT molecular complexity index is 353. The molecular weight excluding hydrogens is 288 g/mol. The van der Waals surface area contributed by atoms with E-state index in [0.29, 0.717) is 10.8 Å². The van der Waals surface area contributed by atoms with Crippen molar-refractivity contribution >= 4 is 0 Å². The SMILES string of the molecule is CCCC(CC)C(C)(C)C(C)CCCC1CC1(C)CC(C)C(C)C. The van der Waals surface area contributed by atoms with Crippen LogP contribution in [0.15, 0.2) is 0 Å². The third-order valence-corrected chi connectivity index (χ3v) is 8.11. The highest BCUT2D eigenvalue weighted by molar-refractivity contribution is 4.99. The Hall–Kier alpha value is 0. The van der Waals surface area contributed by atoms with Crippen LogP contribution >= 0.6 is 0 Å². The summed E-state index contributed by atoms with van der Waals surface area (Å²) in [4.78, 5) is 0. The normalized spacial score (nSPS) is 28.0. The lowest BCUT2D eigenvalue weighted by Gasteiger charge is -2.39. The molecule has 0 aliphatic heterocycles. The van der Waals surface area contributed by atoms with Gasteiger partial charge in [-0.25, -0.2) is 0 Å². The molecule has 1 aliphatic rings. The Morgan fingerprint density at radius 2 is 1.67 bits per heavy atom. The van der Waals surface area contributed by atoms with Crippen LogP contribution in [0.5, 0.6) is 0 Å². The van der Waals surface area contributed by atoms with Crippen molar-refractivity contribution in [3.63, 3.8) is 0 Å². The summed E-state index contributed by atoms with van der Waals surface area (Å²) in [5, 5.41) is 0. The summed E-state index contributed by atoms with van der Waals surface area (Å²) in [6.45, 7) is 22.1. The van der Waals surface area contributed by atoms with Gasteiger partial charge in [0.2, 0.25) is 0 Å². The molecule has 0 bridgehead atoms. The molecule has 0 N–H and O–H groups in total. The Kier molecular flexibility index (Phi) is 8.35. The summed E-state index contributed by atoms with van der Waals surface area (Å²) in [5.41, 5.74) is 1.18. The van der Waals surface area contributed by atoms with E-state index in [0.717, 1.165) is 29.6 Å². The Morgan fingerprint density at radius 1 is 1.04 bits per heavy atom. The largest absolute Gasteiger partial charge is 0.0654 e. The summed E-state index contributed by atoms with van der Waals surface area (Å²) >= 11 is 0. The van der Waals surface area contributed by atoms with Crippen LogP contribution in [-0.2, 0) is 0 Å². The predicted molar refractivity (Wildman–Crippen MR) is 110 cm³/mol. The number of hydrogen-bond acceptors (Lipinski definition) is 0. The fourth-order valence-corrected chi connectivity index (χ4v) is 5.07. The van der Waals surface area contributed by atoms with Gasteiger partial charge in [-0.15, -0.1) is 0 Å². The quantitative estimate of drug-likeness (QED) is 0.336. The summed E-state index contributed by atoms with van der Waals surface area (Å²) in [6, 6.07) is 0. The highest BCUT2D eigenvalue weighted by Gasteiger charge is 2.49. The van der Waals surface area contributed by atoms with E-state index >= 15 is 0 Å².